The van der Waals surface area contributed by atoms with Crippen molar-refractivity contribution in [2.24, 2.45) is 0 Å². The van der Waals surface area contributed by atoms with Crippen LogP contribution in [0.25, 0.3) is 11.0 Å². The predicted octanol–water partition coefficient (Wildman–Crippen LogP) is 0.668. The largest absolute Gasteiger partial charge is 0.326 e. The summed E-state index contributed by atoms with van der Waals surface area (Å²) in [7, 11) is 0. The fourth-order valence-electron chi connectivity index (χ4n) is 1.39. The number of rotatable bonds is 2. The zero-order valence-corrected chi connectivity index (χ0v) is 7.16. The minimum absolute atomic E-state index is 0.0233. The highest BCUT2D eigenvalue weighted by Crippen LogP contribution is 2.10. The Balaban J connectivity index is 2.76. The van der Waals surface area contributed by atoms with E-state index < -0.39 is 11.5 Å². The van der Waals surface area contributed by atoms with Crippen molar-refractivity contribution < 1.29 is 9.18 Å². The molecule has 0 bridgehead atoms. The number of hydrogen-bond donors (Lipinski definition) is 1. The van der Waals surface area contributed by atoms with Crippen molar-refractivity contribution >= 4 is 17.3 Å². The van der Waals surface area contributed by atoms with Crippen LogP contribution in [0.15, 0.2) is 23.0 Å². The van der Waals surface area contributed by atoms with E-state index in [9.17, 15) is 14.0 Å². The number of halogens is 1. The van der Waals surface area contributed by atoms with Gasteiger partial charge in [0.05, 0.1) is 17.6 Å². The number of carbonyl (C=O) groups is 1. The first-order valence-corrected chi connectivity index (χ1v) is 4.04. The fraction of sp³-hybridized carbons (Fsp3) is 0.111. The van der Waals surface area contributed by atoms with E-state index in [0.717, 1.165) is 0 Å². The SMILES string of the molecule is O=CCn1c(=O)[nH]c2cc(F)ccc21. The Kier molecular flexibility index (Phi) is 1.92. The standard InChI is InChI=1S/C9H7FN2O2/c10-6-1-2-8-7(5-6)11-9(14)12(8)3-4-13/h1-2,4-5H,3H2,(H,11,14). The van der Waals surface area contributed by atoms with Crippen molar-refractivity contribution in [1.29, 1.82) is 0 Å². The summed E-state index contributed by atoms with van der Waals surface area (Å²) in [6.45, 7) is -0.0233. The van der Waals surface area contributed by atoms with Crippen molar-refractivity contribution in [2.45, 2.75) is 6.54 Å². The van der Waals surface area contributed by atoms with Crippen LogP contribution < -0.4 is 5.69 Å². The second kappa shape index (κ2) is 3.10. The van der Waals surface area contributed by atoms with Gasteiger partial charge < -0.3 is 9.78 Å². The molecule has 0 fully saturated rings. The van der Waals surface area contributed by atoms with Gasteiger partial charge in [-0.25, -0.2) is 9.18 Å². The lowest BCUT2D eigenvalue weighted by atomic mass is 10.3. The van der Waals surface area contributed by atoms with Gasteiger partial charge in [0.15, 0.2) is 0 Å². The zero-order chi connectivity index (χ0) is 10.1. The maximum atomic E-state index is 12.8. The van der Waals surface area contributed by atoms with Gasteiger partial charge in [-0.3, -0.25) is 4.57 Å². The Hall–Kier alpha value is -1.91. The molecule has 1 heterocycles. The Bertz CT molecular complexity index is 541. The van der Waals surface area contributed by atoms with E-state index in [4.69, 9.17) is 0 Å². The highest BCUT2D eigenvalue weighted by molar-refractivity contribution is 5.76. The number of nitrogens with zero attached hydrogens (tertiary/aromatic N) is 1. The number of nitrogens with one attached hydrogen (secondary N) is 1. The molecular weight excluding hydrogens is 187 g/mol. The van der Waals surface area contributed by atoms with Crippen molar-refractivity contribution in [3.05, 3.63) is 34.5 Å². The van der Waals surface area contributed by atoms with Gasteiger partial charge in [0, 0.05) is 0 Å². The summed E-state index contributed by atoms with van der Waals surface area (Å²) >= 11 is 0. The van der Waals surface area contributed by atoms with Gasteiger partial charge in [0.25, 0.3) is 0 Å². The van der Waals surface area contributed by atoms with Gasteiger partial charge in [-0.05, 0) is 18.2 Å². The van der Waals surface area contributed by atoms with Crippen molar-refractivity contribution in [2.75, 3.05) is 0 Å². The minimum atomic E-state index is -0.419. The lowest BCUT2D eigenvalue weighted by Crippen LogP contribution is -2.17. The van der Waals surface area contributed by atoms with Crippen LogP contribution in [0, 0.1) is 5.82 Å². The van der Waals surface area contributed by atoms with Crippen LogP contribution in [0.5, 0.6) is 0 Å². The molecule has 0 aliphatic heterocycles. The zero-order valence-electron chi connectivity index (χ0n) is 7.16. The lowest BCUT2D eigenvalue weighted by molar-refractivity contribution is -0.108. The van der Waals surface area contributed by atoms with Crippen molar-refractivity contribution in [3.8, 4) is 0 Å². The molecule has 0 unspecified atom stereocenters. The number of carbonyl (C=O) groups excluding carboxylic acids is 1. The first kappa shape index (κ1) is 8.68. The monoisotopic (exact) mass is 194 g/mol. The third-order valence-corrected chi connectivity index (χ3v) is 1.99. The highest BCUT2D eigenvalue weighted by atomic mass is 19.1. The molecule has 0 saturated carbocycles. The first-order valence-electron chi connectivity index (χ1n) is 4.04. The summed E-state index contributed by atoms with van der Waals surface area (Å²) in [6.07, 6.45) is 0.623. The molecule has 0 atom stereocenters. The lowest BCUT2D eigenvalue weighted by Gasteiger charge is -1.95. The van der Waals surface area contributed by atoms with Crippen LogP contribution in [-0.4, -0.2) is 15.8 Å². The minimum Gasteiger partial charge on any atom is -0.305 e. The number of imidazole rings is 1. The second-order valence-corrected chi connectivity index (χ2v) is 2.87. The molecule has 0 aliphatic carbocycles. The molecular formula is C9H7FN2O2. The summed E-state index contributed by atoms with van der Waals surface area (Å²) in [5.41, 5.74) is 0.526. The van der Waals surface area contributed by atoms with Crippen LogP contribution in [0.2, 0.25) is 0 Å². The maximum absolute atomic E-state index is 12.8. The molecule has 5 heteroatoms. The third-order valence-electron chi connectivity index (χ3n) is 1.99. The summed E-state index contributed by atoms with van der Waals surface area (Å²) in [4.78, 5) is 24.0. The molecule has 2 rings (SSSR count). The van der Waals surface area contributed by atoms with Gasteiger partial charge in [-0.2, -0.15) is 0 Å². The first-order chi connectivity index (χ1) is 6.72. The Labute approximate surface area is 78.0 Å². The van der Waals surface area contributed by atoms with Gasteiger partial charge >= 0.3 is 5.69 Å². The molecule has 1 aromatic heterocycles. The Morgan fingerprint density at radius 3 is 3.00 bits per heavy atom. The van der Waals surface area contributed by atoms with E-state index in [1.807, 2.05) is 0 Å². The molecule has 0 saturated heterocycles. The average Bonchev–Trinajstić information content (AvgIpc) is 2.43. The Morgan fingerprint density at radius 1 is 1.50 bits per heavy atom. The molecule has 14 heavy (non-hydrogen) atoms. The van der Waals surface area contributed by atoms with Crippen LogP contribution in [0.3, 0.4) is 0 Å². The Morgan fingerprint density at radius 2 is 2.29 bits per heavy atom. The van der Waals surface area contributed by atoms with Gasteiger partial charge in [0.1, 0.15) is 12.1 Å². The van der Waals surface area contributed by atoms with Gasteiger partial charge in [0.2, 0.25) is 0 Å². The van der Waals surface area contributed by atoms with Crippen LogP contribution in [-0.2, 0) is 11.3 Å². The maximum Gasteiger partial charge on any atom is 0.326 e. The van der Waals surface area contributed by atoms with E-state index in [2.05, 4.69) is 4.98 Å². The van der Waals surface area contributed by atoms with Crippen molar-refractivity contribution in [1.82, 2.24) is 9.55 Å². The summed E-state index contributed by atoms with van der Waals surface area (Å²) in [5.74, 6) is -0.419. The third kappa shape index (κ3) is 1.22. The smallest absolute Gasteiger partial charge is 0.305 e. The molecule has 4 nitrogen and oxygen atoms in total. The molecule has 0 aliphatic rings. The van der Waals surface area contributed by atoms with Crippen molar-refractivity contribution in [3.63, 3.8) is 0 Å². The molecule has 0 radical (unpaired) electrons. The van der Waals surface area contributed by atoms with Gasteiger partial charge in [-0.15, -0.1) is 0 Å². The molecule has 2 aromatic rings. The molecule has 72 valence electrons. The van der Waals surface area contributed by atoms with Crippen LogP contribution >= 0.6 is 0 Å². The number of fused-ring (bicyclic) bond motifs is 1. The summed E-state index contributed by atoms with van der Waals surface area (Å²) in [6, 6.07) is 3.93. The number of hydrogen-bond acceptors (Lipinski definition) is 2. The number of benzene rings is 1. The van der Waals surface area contributed by atoms with Crippen LogP contribution in [0.1, 0.15) is 0 Å². The second-order valence-electron chi connectivity index (χ2n) is 2.87. The average molecular weight is 194 g/mol. The number of aldehydes is 1. The summed E-state index contributed by atoms with van der Waals surface area (Å²) in [5, 5.41) is 0. The fourth-order valence-corrected chi connectivity index (χ4v) is 1.39. The normalized spacial score (nSPS) is 10.6. The van der Waals surface area contributed by atoms with E-state index in [1.165, 1.54) is 22.8 Å². The highest BCUT2D eigenvalue weighted by Gasteiger charge is 2.05. The van der Waals surface area contributed by atoms with E-state index in [1.54, 1.807) is 0 Å². The summed E-state index contributed by atoms with van der Waals surface area (Å²) < 4.78 is 14.0. The van der Waals surface area contributed by atoms with E-state index >= 15 is 0 Å². The van der Waals surface area contributed by atoms with E-state index in [0.29, 0.717) is 17.3 Å². The van der Waals surface area contributed by atoms with Gasteiger partial charge in [-0.1, -0.05) is 0 Å². The molecule has 0 spiro atoms. The molecule has 1 aromatic carbocycles. The quantitative estimate of drug-likeness (QED) is 0.714. The number of H-pyrrole nitrogens is 1. The number of aromatic nitrogens is 2. The molecule has 0 amide bonds. The van der Waals surface area contributed by atoms with E-state index in [-0.39, 0.29) is 6.54 Å². The number of aromatic amines is 1. The van der Waals surface area contributed by atoms with Crippen LogP contribution in [0.4, 0.5) is 4.39 Å². The molecule has 1 N–H and O–H groups in total. The predicted molar refractivity (Wildman–Crippen MR) is 48.6 cm³/mol. The topological polar surface area (TPSA) is 54.9 Å².